The van der Waals surface area contributed by atoms with Gasteiger partial charge in [-0.25, -0.2) is 0 Å². The van der Waals surface area contributed by atoms with Gasteiger partial charge in [0.15, 0.2) is 0 Å². The van der Waals surface area contributed by atoms with Crippen molar-refractivity contribution in [1.82, 2.24) is 0 Å². The Morgan fingerprint density at radius 2 is 1.00 bits per heavy atom. The molecule has 0 radical (unpaired) electrons. The molecule has 0 fully saturated rings. The van der Waals surface area contributed by atoms with E-state index in [9.17, 15) is 0 Å². The van der Waals surface area contributed by atoms with E-state index in [0.717, 1.165) is 0 Å². The molecule has 0 aromatic rings. The third-order valence-corrected chi connectivity index (χ3v) is 0. The van der Waals surface area contributed by atoms with Crippen LogP contribution >= 0.6 is 0 Å². The van der Waals surface area contributed by atoms with Gasteiger partial charge in [-0.05, 0) is 0 Å². The Kier molecular flexibility index (Phi) is 51.5. The van der Waals surface area contributed by atoms with Gasteiger partial charge in [-0.3, -0.25) is 0 Å². The molecule has 0 aliphatic carbocycles. The quantitative estimate of drug-likeness (QED) is 0.289. The number of hydrogen-bond acceptors (Lipinski definition) is 3. The van der Waals surface area contributed by atoms with Crippen LogP contribution in [0.3, 0.4) is 0 Å². The van der Waals surface area contributed by atoms with Crippen molar-refractivity contribution in [3.8, 4) is 0 Å². The molecule has 2 nitrogen and oxygen atoms in total. The Hall–Kier alpha value is 3.05. The molecule has 0 atom stereocenters. The fourth-order valence-corrected chi connectivity index (χ4v) is 0. The fraction of sp³-hybridized carbons (Fsp3) is 0. The third kappa shape index (κ3) is 48.4. The average molecular weight is 463 g/mol. The van der Waals surface area contributed by atoms with Crippen LogP contribution in [0.4, 0.5) is 0 Å². The van der Waals surface area contributed by atoms with Crippen LogP contribution < -0.4 is 8.19 Å². The van der Waals surface area contributed by atoms with Gasteiger partial charge in [0.05, 0.1) is 0 Å². The van der Waals surface area contributed by atoms with Crippen molar-refractivity contribution < 1.29 is 75.3 Å². The Labute approximate surface area is 98.7 Å². The van der Waals surface area contributed by atoms with Crippen LogP contribution in [0.25, 0.3) is 0 Å². The van der Waals surface area contributed by atoms with Crippen LogP contribution in [0.5, 0.6) is 0 Å². The normalized spacial score (nSPS) is 5.14. The summed E-state index contributed by atoms with van der Waals surface area (Å²) in [5.41, 5.74) is 0. The first-order valence-corrected chi connectivity index (χ1v) is 4.74. The molecular weight excluding hydrogens is 463 g/mol. The summed E-state index contributed by atoms with van der Waals surface area (Å²) in [5, 5.41) is 0. The van der Waals surface area contributed by atoms with Crippen molar-refractivity contribution >= 4 is 25.1 Å². The van der Waals surface area contributed by atoms with Gasteiger partial charge in [0.2, 0.25) is 0 Å². The van der Waals surface area contributed by atoms with E-state index < -0.39 is 14.2 Å². The molecule has 0 saturated heterocycles. The van der Waals surface area contributed by atoms with E-state index in [1.807, 2.05) is 0 Å². The summed E-state index contributed by atoms with van der Waals surface area (Å²) in [6.45, 7) is 0. The first-order valence-electron chi connectivity index (χ1n) is 0.548. The molecule has 56 valence electrons. The predicted molar refractivity (Wildman–Crippen MR) is 13.1 cm³/mol. The second-order valence-corrected chi connectivity index (χ2v) is 2.71. The van der Waals surface area contributed by atoms with Crippen LogP contribution in [-0.2, 0) is 78.0 Å². The van der Waals surface area contributed by atoms with Crippen LogP contribution in [0.1, 0.15) is 0 Å². The van der Waals surface area contributed by atoms with Gasteiger partial charge in [-0.1, -0.05) is 0 Å². The summed E-state index contributed by atoms with van der Waals surface area (Å²) < 4.78 is 17.9. The standard InChI is InChI=1S/3Ag.AsO2S/c;;;2-1(3)4/q3*+1;-3. The summed E-state index contributed by atoms with van der Waals surface area (Å²) in [4.78, 5) is 0. The van der Waals surface area contributed by atoms with E-state index >= 15 is 0 Å². The van der Waals surface area contributed by atoms with Crippen molar-refractivity contribution in [1.29, 1.82) is 0 Å². The van der Waals surface area contributed by atoms with Gasteiger partial charge in [-0.2, -0.15) is 0 Å². The SMILES string of the molecule is [Ag+].[Ag+].[Ag+].[O-][As]([O-])[S-]. The van der Waals surface area contributed by atoms with Crippen molar-refractivity contribution in [2.24, 2.45) is 0 Å². The molecule has 0 unspecified atom stereocenters. The Morgan fingerprint density at radius 1 is 1.00 bits per heavy atom. The van der Waals surface area contributed by atoms with Crippen molar-refractivity contribution in [3.05, 3.63) is 0 Å². The van der Waals surface area contributed by atoms with Gasteiger partial charge in [0.25, 0.3) is 0 Å². The molecule has 0 rings (SSSR count). The molecule has 0 spiro atoms. The van der Waals surface area contributed by atoms with Crippen molar-refractivity contribution in [2.45, 2.75) is 0 Å². The van der Waals surface area contributed by atoms with Gasteiger partial charge in [-0.15, -0.1) is 0 Å². The molecular formula is Ag3AsO2S. The van der Waals surface area contributed by atoms with E-state index in [0.29, 0.717) is 0 Å². The summed E-state index contributed by atoms with van der Waals surface area (Å²) in [6, 6.07) is 0. The molecule has 0 saturated carbocycles. The molecule has 0 aromatic heterocycles. The maximum atomic E-state index is 8.93. The van der Waals surface area contributed by atoms with E-state index in [4.69, 9.17) is 8.19 Å². The first kappa shape index (κ1) is 22.5. The topological polar surface area (TPSA) is 46.1 Å². The van der Waals surface area contributed by atoms with Gasteiger partial charge < -0.3 is 0 Å². The molecule has 7 heavy (non-hydrogen) atoms. The zero-order valence-electron chi connectivity index (χ0n) is 2.58. The van der Waals surface area contributed by atoms with Crippen molar-refractivity contribution in [3.63, 3.8) is 0 Å². The molecule has 0 aromatic carbocycles. The first-order chi connectivity index (χ1) is 1.73. The Morgan fingerprint density at radius 3 is 1.00 bits per heavy atom. The van der Waals surface area contributed by atoms with Gasteiger partial charge >= 0.3 is 100 Å². The summed E-state index contributed by atoms with van der Waals surface area (Å²) in [6.07, 6.45) is 0. The number of hydrogen-bond donors (Lipinski definition) is 0. The Bertz CT molecular complexity index is 17.7. The molecule has 0 aliphatic rings. The molecule has 0 heterocycles. The molecule has 7 heteroatoms. The maximum absolute atomic E-state index is 8.93. The second kappa shape index (κ2) is 16.0. The molecule has 0 amide bonds. The number of rotatable bonds is 0. The van der Waals surface area contributed by atoms with E-state index in [1.54, 1.807) is 0 Å². The van der Waals surface area contributed by atoms with Crippen LogP contribution in [0, 0.1) is 0 Å². The summed E-state index contributed by atoms with van der Waals surface area (Å²) >= 11 is -3.10. The molecule has 0 N–H and O–H groups in total. The Balaban J connectivity index is -0.0000000150. The van der Waals surface area contributed by atoms with Crippen molar-refractivity contribution in [2.75, 3.05) is 0 Å². The van der Waals surface area contributed by atoms with Gasteiger partial charge in [0.1, 0.15) is 0 Å². The van der Waals surface area contributed by atoms with Crippen LogP contribution in [-0.4, -0.2) is 14.2 Å². The molecule has 0 bridgehead atoms. The predicted octanol–water partition coefficient (Wildman–Crippen LogP) is -2.77. The minimum absolute atomic E-state index is 0. The van der Waals surface area contributed by atoms with E-state index in [2.05, 4.69) is 10.9 Å². The van der Waals surface area contributed by atoms with Gasteiger partial charge in [0, 0.05) is 0 Å². The minimum atomic E-state index is -3.10. The van der Waals surface area contributed by atoms with Crippen LogP contribution in [0.15, 0.2) is 0 Å². The van der Waals surface area contributed by atoms with E-state index in [1.165, 1.54) is 0 Å². The van der Waals surface area contributed by atoms with E-state index in [-0.39, 0.29) is 67.1 Å². The summed E-state index contributed by atoms with van der Waals surface area (Å²) in [5.74, 6) is 0. The molecule has 0 aliphatic heterocycles. The monoisotopic (exact) mass is 460 g/mol. The zero-order valence-corrected chi connectivity index (χ0v) is 9.72. The second-order valence-electron chi connectivity index (χ2n) is 0.224. The summed E-state index contributed by atoms with van der Waals surface area (Å²) in [7, 11) is 3.66. The average Bonchev–Trinajstić information content (AvgIpc) is 0.811. The zero-order chi connectivity index (χ0) is 3.58. The fourth-order valence-electron chi connectivity index (χ4n) is 0. The van der Waals surface area contributed by atoms with Crippen LogP contribution in [0.2, 0.25) is 0 Å². The third-order valence-electron chi connectivity index (χ3n) is 0.